The number of hydrogen-bond acceptors (Lipinski definition) is 4. The average Bonchev–Trinajstić information content (AvgIpc) is 1.64. The second kappa shape index (κ2) is 19.0. The lowest BCUT2D eigenvalue weighted by Crippen LogP contribution is -2.29. The molecule has 14 rings (SSSR count). The summed E-state index contributed by atoms with van der Waals surface area (Å²) in [6, 6.07) is 77.4. The van der Waals surface area contributed by atoms with Crippen molar-refractivity contribution >= 4 is 88.8 Å². The largest absolute Gasteiger partial charge is 0.454 e. The van der Waals surface area contributed by atoms with Crippen molar-refractivity contribution in [3.63, 3.8) is 0 Å². The van der Waals surface area contributed by atoms with Gasteiger partial charge >= 0.3 is 0 Å². The molecule has 0 radical (unpaired) electrons. The zero-order valence-corrected chi connectivity index (χ0v) is 49.8. The molecule has 0 aliphatic heterocycles. The van der Waals surface area contributed by atoms with Gasteiger partial charge in [-0.05, 0) is 179 Å². The van der Waals surface area contributed by atoms with Gasteiger partial charge in [0.05, 0.1) is 22.5 Å². The molecule has 0 fully saturated rings. The van der Waals surface area contributed by atoms with Crippen LogP contribution in [0, 0.1) is 41.5 Å². The van der Waals surface area contributed by atoms with Crippen molar-refractivity contribution in [3.8, 4) is 11.1 Å². The molecule has 2 aromatic heterocycles. The SMILES string of the molecule is Cc1cc(N(c2ccc3c(c2)C(c2ccccc2)(c2ccccc2)c2cc(N(c4cc(C)c(C)c(C)c4)c4cccc5c4oc4c(C(C)(C)C)cccc45)c4ccccc4c2-3)c2cccc3c2oc2c(C(C)(C)C)cccc23)cc(C)c1C. The molecule has 0 amide bonds. The Kier molecular flexibility index (Phi) is 11.9. The van der Waals surface area contributed by atoms with Gasteiger partial charge in [-0.1, -0.05) is 193 Å². The van der Waals surface area contributed by atoms with Crippen LogP contribution < -0.4 is 9.80 Å². The predicted molar refractivity (Wildman–Crippen MR) is 351 cm³/mol. The van der Waals surface area contributed by atoms with Crippen LogP contribution in [0.25, 0.3) is 65.8 Å². The van der Waals surface area contributed by atoms with Gasteiger partial charge in [0, 0.05) is 55.1 Å². The maximum atomic E-state index is 7.33. The van der Waals surface area contributed by atoms with Gasteiger partial charge in [0.25, 0.3) is 0 Å². The molecule has 13 aromatic rings. The second-order valence-corrected chi connectivity index (χ2v) is 25.5. The number of nitrogens with zero attached hydrogens (tertiary/aromatic N) is 2. The molecule has 4 heteroatoms. The highest BCUT2D eigenvalue weighted by Gasteiger charge is 2.48. The van der Waals surface area contributed by atoms with Crippen molar-refractivity contribution in [1.29, 1.82) is 0 Å². The number of hydrogen-bond donors (Lipinski definition) is 0. The molecule has 0 unspecified atom stereocenters. The van der Waals surface area contributed by atoms with Crippen LogP contribution in [0.4, 0.5) is 34.1 Å². The summed E-state index contributed by atoms with van der Waals surface area (Å²) in [7, 11) is 0. The molecular formula is C79H70N2O2. The number of para-hydroxylation sites is 4. The van der Waals surface area contributed by atoms with Crippen molar-refractivity contribution in [2.45, 2.75) is 99.3 Å². The van der Waals surface area contributed by atoms with Gasteiger partial charge in [0.1, 0.15) is 11.2 Å². The van der Waals surface area contributed by atoms with Crippen LogP contribution >= 0.6 is 0 Å². The lowest BCUT2D eigenvalue weighted by molar-refractivity contribution is 0.572. The molecule has 11 aromatic carbocycles. The van der Waals surface area contributed by atoms with E-state index in [9.17, 15) is 0 Å². The number of fused-ring (bicyclic) bond motifs is 11. The summed E-state index contributed by atoms with van der Waals surface area (Å²) >= 11 is 0. The van der Waals surface area contributed by atoms with Crippen molar-refractivity contribution in [2.24, 2.45) is 0 Å². The maximum Gasteiger partial charge on any atom is 0.159 e. The molecule has 0 bridgehead atoms. The van der Waals surface area contributed by atoms with Gasteiger partial charge in [-0.2, -0.15) is 0 Å². The molecule has 0 spiro atoms. The highest BCUT2D eigenvalue weighted by Crippen LogP contribution is 2.61. The summed E-state index contributed by atoms with van der Waals surface area (Å²) < 4.78 is 14.6. The molecule has 4 nitrogen and oxygen atoms in total. The van der Waals surface area contributed by atoms with E-state index in [0.29, 0.717) is 0 Å². The molecule has 408 valence electrons. The van der Waals surface area contributed by atoms with Crippen LogP contribution in [0.2, 0.25) is 0 Å². The zero-order valence-electron chi connectivity index (χ0n) is 49.8. The van der Waals surface area contributed by atoms with E-state index in [1.165, 1.54) is 83.3 Å². The third-order valence-electron chi connectivity index (χ3n) is 18.5. The van der Waals surface area contributed by atoms with Crippen LogP contribution in [0.3, 0.4) is 0 Å². The second-order valence-electron chi connectivity index (χ2n) is 25.5. The quantitative estimate of drug-likeness (QED) is 0.152. The average molecular weight is 1080 g/mol. The first-order valence-corrected chi connectivity index (χ1v) is 29.4. The number of anilines is 6. The minimum absolute atomic E-state index is 0.123. The highest BCUT2D eigenvalue weighted by molar-refractivity contribution is 6.16. The Hall–Kier alpha value is -9.12. The van der Waals surface area contributed by atoms with Crippen LogP contribution in [0.1, 0.15) is 108 Å². The summed E-state index contributed by atoms with van der Waals surface area (Å²) in [5.41, 5.74) is 26.0. The summed E-state index contributed by atoms with van der Waals surface area (Å²) in [5, 5.41) is 6.78. The van der Waals surface area contributed by atoms with E-state index in [1.54, 1.807) is 0 Å². The van der Waals surface area contributed by atoms with E-state index in [1.807, 2.05) is 0 Å². The first kappa shape index (κ1) is 52.0. The van der Waals surface area contributed by atoms with E-state index < -0.39 is 5.41 Å². The fourth-order valence-corrected chi connectivity index (χ4v) is 13.9. The standard InChI is InChI=1S/C79H70N2O2/c1-47-41-56(42-48(2)51(47)5)80(69-37-23-33-62-60-31-21-35-65(77(7,8)9)73(60)82-75(62)69)55-39-40-64-67(45-55)79(53-25-15-13-16-26-53,54-27-17-14-18-28-54)68-46-71(58-29-19-20-30-59(58)72(64)68)81(57-43-49(3)52(6)50(4)44-57)70-38-24-34-63-61-32-22-36-66(78(10,11)12)74(61)83-76(63)70/h13-46H,1-12H3. The Morgan fingerprint density at radius 2 is 0.735 bits per heavy atom. The fourth-order valence-electron chi connectivity index (χ4n) is 13.9. The third kappa shape index (κ3) is 7.93. The third-order valence-corrected chi connectivity index (χ3v) is 18.5. The first-order chi connectivity index (χ1) is 39.9. The Morgan fingerprint density at radius 3 is 1.22 bits per heavy atom. The minimum Gasteiger partial charge on any atom is -0.454 e. The van der Waals surface area contributed by atoms with E-state index in [2.05, 4.69) is 299 Å². The molecule has 0 atom stereocenters. The number of furan rings is 2. The summed E-state index contributed by atoms with van der Waals surface area (Å²) in [6.45, 7) is 27.0. The minimum atomic E-state index is -0.794. The van der Waals surface area contributed by atoms with Crippen molar-refractivity contribution in [3.05, 3.63) is 273 Å². The van der Waals surface area contributed by atoms with Gasteiger partial charge in [-0.3, -0.25) is 0 Å². The monoisotopic (exact) mass is 1080 g/mol. The number of benzene rings is 11. The molecule has 1 aliphatic carbocycles. The van der Waals surface area contributed by atoms with Crippen LogP contribution in [0.15, 0.2) is 215 Å². The van der Waals surface area contributed by atoms with Gasteiger partial charge in [-0.25, -0.2) is 0 Å². The summed E-state index contributed by atoms with van der Waals surface area (Å²) in [4.78, 5) is 4.96. The molecular weight excluding hydrogens is 1010 g/mol. The number of aryl methyl sites for hydroxylation is 4. The molecule has 83 heavy (non-hydrogen) atoms. The maximum absolute atomic E-state index is 7.33. The summed E-state index contributed by atoms with van der Waals surface area (Å²) in [6.07, 6.45) is 0. The fraction of sp³-hybridized carbons (Fsp3) is 0.190. The van der Waals surface area contributed by atoms with Crippen molar-refractivity contribution in [1.82, 2.24) is 0 Å². The van der Waals surface area contributed by atoms with Crippen LogP contribution in [0.5, 0.6) is 0 Å². The summed E-state index contributed by atoms with van der Waals surface area (Å²) in [5.74, 6) is 0. The van der Waals surface area contributed by atoms with Gasteiger partial charge < -0.3 is 18.6 Å². The zero-order chi connectivity index (χ0) is 57.4. The van der Waals surface area contributed by atoms with Crippen LogP contribution in [-0.2, 0) is 16.2 Å². The Balaban J connectivity index is 1.10. The lowest BCUT2D eigenvalue weighted by atomic mass is 9.67. The van der Waals surface area contributed by atoms with Crippen LogP contribution in [-0.4, -0.2) is 0 Å². The Labute approximate surface area is 488 Å². The highest BCUT2D eigenvalue weighted by atomic mass is 16.3. The van der Waals surface area contributed by atoms with Crippen molar-refractivity contribution in [2.75, 3.05) is 9.80 Å². The van der Waals surface area contributed by atoms with E-state index in [0.717, 1.165) is 83.4 Å². The Morgan fingerprint density at radius 1 is 0.325 bits per heavy atom. The smallest absolute Gasteiger partial charge is 0.159 e. The lowest BCUT2D eigenvalue weighted by Gasteiger charge is -2.36. The van der Waals surface area contributed by atoms with E-state index in [-0.39, 0.29) is 10.8 Å². The normalized spacial score (nSPS) is 13.2. The first-order valence-electron chi connectivity index (χ1n) is 29.4. The van der Waals surface area contributed by atoms with E-state index in [4.69, 9.17) is 8.83 Å². The molecule has 2 heterocycles. The van der Waals surface area contributed by atoms with Gasteiger partial charge in [0.2, 0.25) is 0 Å². The predicted octanol–water partition coefficient (Wildman–Crippen LogP) is 22.4. The van der Waals surface area contributed by atoms with Crippen molar-refractivity contribution < 1.29 is 8.83 Å². The molecule has 1 aliphatic rings. The number of rotatable bonds is 8. The van der Waals surface area contributed by atoms with E-state index >= 15 is 0 Å². The molecule has 0 N–H and O–H groups in total. The van der Waals surface area contributed by atoms with Gasteiger partial charge in [0.15, 0.2) is 11.2 Å². The topological polar surface area (TPSA) is 32.8 Å². The Bertz CT molecular complexity index is 4680. The van der Waals surface area contributed by atoms with Gasteiger partial charge in [-0.15, -0.1) is 0 Å². The molecule has 0 saturated heterocycles. The molecule has 0 saturated carbocycles.